The van der Waals surface area contributed by atoms with Crippen molar-refractivity contribution in [1.29, 1.82) is 0 Å². The summed E-state index contributed by atoms with van der Waals surface area (Å²) >= 11 is 0. The van der Waals surface area contributed by atoms with E-state index >= 15 is 0 Å². The van der Waals surface area contributed by atoms with Gasteiger partial charge in [0.1, 0.15) is 11.5 Å². The van der Waals surface area contributed by atoms with E-state index in [2.05, 4.69) is 31.1 Å². The van der Waals surface area contributed by atoms with E-state index in [1.165, 1.54) is 19.3 Å². The molecule has 0 aromatic heterocycles. The van der Waals surface area contributed by atoms with Crippen LogP contribution >= 0.6 is 0 Å². The maximum atomic E-state index is 6.55. The Labute approximate surface area is 109 Å². The van der Waals surface area contributed by atoms with Crippen LogP contribution < -0.4 is 16.8 Å². The van der Waals surface area contributed by atoms with Gasteiger partial charge in [-0.25, -0.2) is 4.99 Å². The Balaban J connectivity index is 2.01. The van der Waals surface area contributed by atoms with Crippen LogP contribution in [-0.4, -0.2) is 12.0 Å². The fraction of sp³-hybridized carbons (Fsp3) is 0.786. The maximum Gasteiger partial charge on any atom is 0.135 e. The molecular weight excluding hydrogens is 224 g/mol. The zero-order chi connectivity index (χ0) is 13.2. The van der Waals surface area contributed by atoms with Crippen LogP contribution in [0.25, 0.3) is 0 Å². The minimum Gasteiger partial charge on any atom is -0.385 e. The zero-order valence-corrected chi connectivity index (χ0v) is 11.5. The van der Waals surface area contributed by atoms with Crippen molar-refractivity contribution >= 4 is 6.34 Å². The minimum atomic E-state index is -0.628. The van der Waals surface area contributed by atoms with Crippen molar-refractivity contribution in [2.24, 2.45) is 39.1 Å². The number of fused-ring (bicyclic) bond motifs is 2. The average Bonchev–Trinajstić information content (AvgIpc) is 2.60. The highest BCUT2D eigenvalue weighted by atomic mass is 15.1. The monoisotopic (exact) mass is 248 g/mol. The van der Waals surface area contributed by atoms with E-state index < -0.39 is 5.66 Å². The summed E-state index contributed by atoms with van der Waals surface area (Å²) in [4.78, 5) is 4.51. The number of rotatable bonds is 1. The van der Waals surface area contributed by atoms with Gasteiger partial charge in [0.15, 0.2) is 0 Å². The molecule has 2 aliphatic carbocycles. The molecule has 2 saturated carbocycles. The molecule has 100 valence electrons. The molecule has 1 aliphatic heterocycles. The van der Waals surface area contributed by atoms with E-state index in [4.69, 9.17) is 11.5 Å². The Morgan fingerprint density at radius 3 is 2.61 bits per heavy atom. The molecule has 3 aliphatic rings. The first-order chi connectivity index (χ1) is 8.30. The van der Waals surface area contributed by atoms with Crippen LogP contribution in [0.5, 0.6) is 0 Å². The van der Waals surface area contributed by atoms with E-state index in [1.54, 1.807) is 6.34 Å². The number of nitrogens with zero attached hydrogens (tertiary/aromatic N) is 1. The van der Waals surface area contributed by atoms with Gasteiger partial charge in [-0.15, -0.1) is 0 Å². The molecule has 4 nitrogen and oxygen atoms in total. The molecule has 0 amide bonds. The van der Waals surface area contributed by atoms with Crippen molar-refractivity contribution < 1.29 is 0 Å². The van der Waals surface area contributed by atoms with Gasteiger partial charge in [0.25, 0.3) is 0 Å². The molecule has 1 heterocycles. The normalized spacial score (nSPS) is 49.0. The van der Waals surface area contributed by atoms with Gasteiger partial charge in [-0.2, -0.15) is 0 Å². The molecule has 0 aromatic rings. The number of aliphatic imine (C=N–C) groups is 1. The van der Waals surface area contributed by atoms with Crippen LogP contribution in [0.2, 0.25) is 0 Å². The average molecular weight is 248 g/mol. The van der Waals surface area contributed by atoms with Gasteiger partial charge in [-0.3, -0.25) is 0 Å². The zero-order valence-electron chi connectivity index (χ0n) is 11.5. The second-order valence-electron chi connectivity index (χ2n) is 7.05. The number of hydrogen-bond donors (Lipinski definition) is 3. The van der Waals surface area contributed by atoms with Crippen LogP contribution in [0.1, 0.15) is 40.0 Å². The lowest BCUT2D eigenvalue weighted by Crippen LogP contribution is -2.53. The lowest BCUT2D eigenvalue weighted by atomic mass is 9.63. The lowest BCUT2D eigenvalue weighted by molar-refractivity contribution is 0.0694. The predicted molar refractivity (Wildman–Crippen MR) is 73.5 cm³/mol. The van der Waals surface area contributed by atoms with Gasteiger partial charge in [0, 0.05) is 5.92 Å². The van der Waals surface area contributed by atoms with E-state index in [1.807, 2.05) is 6.08 Å². The van der Waals surface area contributed by atoms with Gasteiger partial charge in [0.05, 0.1) is 6.34 Å². The first-order valence-electron chi connectivity index (χ1n) is 6.87. The largest absolute Gasteiger partial charge is 0.385 e. The van der Waals surface area contributed by atoms with Crippen molar-refractivity contribution in [2.75, 3.05) is 0 Å². The Morgan fingerprint density at radius 1 is 1.39 bits per heavy atom. The molecule has 4 heteroatoms. The fourth-order valence-corrected chi connectivity index (χ4v) is 4.64. The molecule has 18 heavy (non-hydrogen) atoms. The SMILES string of the molecule is CC1(C)C2CC[C@]1(C)[C@@H](C1(N)C=C(N)NC=N1)C2. The van der Waals surface area contributed by atoms with Crippen LogP contribution in [-0.2, 0) is 0 Å². The van der Waals surface area contributed by atoms with Crippen molar-refractivity contribution in [3.63, 3.8) is 0 Å². The first-order valence-corrected chi connectivity index (χ1v) is 6.87. The standard InChI is InChI=1S/C14H24N4/c1-12(2)9-4-5-13(12,3)10(6-9)14(16)7-11(15)17-8-18-14/h7-10H,4-6,15-16H2,1-3H3,(H,17,18)/t9?,10-,13+,14?/m0/s1. The topological polar surface area (TPSA) is 76.4 Å². The Hall–Kier alpha value is -1.03. The quantitative estimate of drug-likeness (QED) is 0.658. The van der Waals surface area contributed by atoms with E-state index in [0.29, 0.717) is 17.2 Å². The highest BCUT2D eigenvalue weighted by Crippen LogP contribution is 2.70. The smallest absolute Gasteiger partial charge is 0.135 e. The molecular formula is C14H24N4. The first kappa shape index (κ1) is 12.0. The highest BCUT2D eigenvalue weighted by Gasteiger charge is 2.65. The summed E-state index contributed by atoms with van der Waals surface area (Å²) < 4.78 is 0. The maximum absolute atomic E-state index is 6.55. The lowest BCUT2D eigenvalue weighted by Gasteiger charge is -2.45. The summed E-state index contributed by atoms with van der Waals surface area (Å²) in [5.41, 5.74) is 12.4. The molecule has 2 unspecified atom stereocenters. The van der Waals surface area contributed by atoms with Gasteiger partial charge in [-0.05, 0) is 42.1 Å². The Morgan fingerprint density at radius 2 is 2.11 bits per heavy atom. The molecule has 0 spiro atoms. The third-order valence-corrected chi connectivity index (χ3v) is 6.26. The molecule has 0 radical (unpaired) electrons. The van der Waals surface area contributed by atoms with Crippen LogP contribution in [0, 0.1) is 22.7 Å². The molecule has 3 rings (SSSR count). The summed E-state index contributed by atoms with van der Waals surface area (Å²) in [5.74, 6) is 1.78. The summed E-state index contributed by atoms with van der Waals surface area (Å²) in [6, 6.07) is 0. The molecule has 2 fully saturated rings. The van der Waals surface area contributed by atoms with E-state index in [-0.39, 0.29) is 5.41 Å². The Kier molecular flexibility index (Phi) is 2.20. The van der Waals surface area contributed by atoms with Gasteiger partial charge < -0.3 is 16.8 Å². The van der Waals surface area contributed by atoms with Crippen molar-refractivity contribution in [1.82, 2.24) is 5.32 Å². The van der Waals surface area contributed by atoms with Gasteiger partial charge in [-0.1, -0.05) is 20.8 Å². The molecule has 4 atom stereocenters. The van der Waals surface area contributed by atoms with Gasteiger partial charge in [0.2, 0.25) is 0 Å². The summed E-state index contributed by atoms with van der Waals surface area (Å²) in [6.07, 6.45) is 7.31. The number of nitrogens with two attached hydrogens (primary N) is 2. The molecule has 0 aromatic carbocycles. The molecule has 0 saturated heterocycles. The van der Waals surface area contributed by atoms with Crippen LogP contribution in [0.3, 0.4) is 0 Å². The highest BCUT2D eigenvalue weighted by molar-refractivity contribution is 5.60. The second kappa shape index (κ2) is 3.29. The number of nitrogens with one attached hydrogen (secondary N) is 1. The van der Waals surface area contributed by atoms with E-state index in [0.717, 1.165) is 5.92 Å². The fourth-order valence-electron chi connectivity index (χ4n) is 4.64. The molecule has 2 bridgehead atoms. The van der Waals surface area contributed by atoms with Gasteiger partial charge >= 0.3 is 0 Å². The van der Waals surface area contributed by atoms with Crippen molar-refractivity contribution in [3.8, 4) is 0 Å². The minimum absolute atomic E-state index is 0.262. The van der Waals surface area contributed by atoms with Crippen LogP contribution in [0.15, 0.2) is 16.9 Å². The predicted octanol–water partition coefficient (Wildman–Crippen LogP) is 1.54. The third-order valence-electron chi connectivity index (χ3n) is 6.26. The summed E-state index contributed by atoms with van der Waals surface area (Å²) in [6.45, 7) is 7.18. The second-order valence-corrected chi connectivity index (χ2v) is 7.05. The van der Waals surface area contributed by atoms with E-state index in [9.17, 15) is 0 Å². The third kappa shape index (κ3) is 1.27. The Bertz CT molecular complexity index is 439. The van der Waals surface area contributed by atoms with Crippen molar-refractivity contribution in [3.05, 3.63) is 11.9 Å². The summed E-state index contributed by atoms with van der Waals surface area (Å²) in [5, 5.41) is 2.91. The molecule has 5 N–H and O–H groups in total. The van der Waals surface area contributed by atoms with Crippen LogP contribution in [0.4, 0.5) is 0 Å². The number of hydrogen-bond acceptors (Lipinski definition) is 4. The van der Waals surface area contributed by atoms with Crippen molar-refractivity contribution in [2.45, 2.75) is 45.7 Å². The summed E-state index contributed by atoms with van der Waals surface area (Å²) in [7, 11) is 0.